The normalized spacial score (nSPS) is 10.9. The number of hydrogen-bond acceptors (Lipinski definition) is 4. The number of benzene rings is 1. The van der Waals surface area contributed by atoms with Gasteiger partial charge in [-0.2, -0.15) is 0 Å². The first-order valence-corrected chi connectivity index (χ1v) is 6.24. The Morgan fingerprint density at radius 1 is 1.39 bits per heavy atom. The quantitative estimate of drug-likeness (QED) is 0.783. The van der Waals surface area contributed by atoms with Crippen molar-refractivity contribution in [2.24, 2.45) is 0 Å². The second-order valence-corrected chi connectivity index (χ2v) is 4.55. The van der Waals surface area contributed by atoms with Gasteiger partial charge in [-0.1, -0.05) is 6.07 Å². The maximum Gasteiger partial charge on any atom is 0.337 e. The molecule has 0 amide bonds. The van der Waals surface area contributed by atoms with Gasteiger partial charge in [-0.15, -0.1) is 11.3 Å². The topological polar surface area (TPSA) is 68.0 Å². The van der Waals surface area contributed by atoms with E-state index in [4.69, 9.17) is 5.11 Å². The van der Waals surface area contributed by atoms with Crippen LogP contribution in [0.5, 0.6) is 0 Å². The van der Waals surface area contributed by atoms with Crippen LogP contribution >= 0.6 is 11.3 Å². The monoisotopic (exact) mass is 259 g/mol. The minimum Gasteiger partial charge on any atom is -0.478 e. The van der Waals surface area contributed by atoms with Gasteiger partial charge in [0.15, 0.2) is 0 Å². The van der Waals surface area contributed by atoms with Gasteiger partial charge in [0.2, 0.25) is 0 Å². The zero-order valence-corrected chi connectivity index (χ0v) is 10.1. The molecule has 0 fully saturated rings. The van der Waals surface area contributed by atoms with Crippen molar-refractivity contribution >= 4 is 28.3 Å². The molecular weight excluding hydrogens is 250 g/mol. The van der Waals surface area contributed by atoms with Crippen LogP contribution in [0, 0.1) is 0 Å². The van der Waals surface area contributed by atoms with Crippen molar-refractivity contribution < 1.29 is 9.90 Å². The van der Waals surface area contributed by atoms with E-state index >= 15 is 0 Å². The Balaban J connectivity index is 2.09. The predicted octanol–water partition coefficient (Wildman–Crippen LogP) is 2.24. The van der Waals surface area contributed by atoms with Gasteiger partial charge in [-0.25, -0.2) is 14.8 Å². The molecule has 3 aromatic rings. The third-order valence-corrected chi connectivity index (χ3v) is 3.33. The van der Waals surface area contributed by atoms with Crippen molar-refractivity contribution in [3.63, 3.8) is 0 Å². The van der Waals surface area contributed by atoms with Crippen LogP contribution in [0.15, 0.2) is 35.4 Å². The number of hydrogen-bond donors (Lipinski definition) is 1. The summed E-state index contributed by atoms with van der Waals surface area (Å²) in [5, 5.41) is 11.1. The molecule has 90 valence electrons. The fraction of sp³-hybridized carbons (Fsp3) is 0.0833. The number of imidazole rings is 1. The third-order valence-electron chi connectivity index (χ3n) is 2.70. The summed E-state index contributed by atoms with van der Waals surface area (Å²) in [4.78, 5) is 19.5. The average molecular weight is 259 g/mol. The molecule has 0 aliphatic rings. The van der Waals surface area contributed by atoms with Gasteiger partial charge < -0.3 is 9.67 Å². The van der Waals surface area contributed by atoms with Crippen molar-refractivity contribution in [3.8, 4) is 0 Å². The Kier molecular flexibility index (Phi) is 2.56. The third kappa shape index (κ3) is 1.76. The lowest BCUT2D eigenvalue weighted by molar-refractivity contribution is 0.0699. The van der Waals surface area contributed by atoms with Gasteiger partial charge in [0, 0.05) is 5.38 Å². The van der Waals surface area contributed by atoms with Crippen LogP contribution in [0.3, 0.4) is 0 Å². The number of thiazole rings is 1. The van der Waals surface area contributed by atoms with Gasteiger partial charge in [-0.3, -0.25) is 0 Å². The Hall–Kier alpha value is -2.21. The minimum absolute atomic E-state index is 0.226. The summed E-state index contributed by atoms with van der Waals surface area (Å²) >= 11 is 1.54. The lowest BCUT2D eigenvalue weighted by atomic mass is 10.2. The molecule has 2 heterocycles. The number of aromatic nitrogens is 3. The maximum absolute atomic E-state index is 11.1. The first-order valence-electron chi connectivity index (χ1n) is 5.30. The molecule has 2 aromatic heterocycles. The molecule has 6 heteroatoms. The zero-order valence-electron chi connectivity index (χ0n) is 9.28. The SMILES string of the molecule is O=C(O)c1cccc2c1ncn2Cc1cscn1. The number of carbonyl (C=O) groups is 1. The van der Waals surface area contributed by atoms with Crippen LogP contribution in [0.1, 0.15) is 16.1 Å². The lowest BCUT2D eigenvalue weighted by Gasteiger charge is -2.02. The molecule has 0 aliphatic carbocycles. The fourth-order valence-corrected chi connectivity index (χ4v) is 2.43. The van der Waals surface area contributed by atoms with E-state index in [1.807, 2.05) is 16.0 Å². The van der Waals surface area contributed by atoms with Gasteiger partial charge in [-0.05, 0) is 12.1 Å². The number of rotatable bonds is 3. The number of carboxylic acids is 1. The molecule has 1 aromatic carbocycles. The van der Waals surface area contributed by atoms with Crippen molar-refractivity contribution in [2.75, 3.05) is 0 Å². The molecule has 0 bridgehead atoms. The summed E-state index contributed by atoms with van der Waals surface area (Å²) in [6.45, 7) is 0.600. The molecule has 0 radical (unpaired) electrons. The summed E-state index contributed by atoms with van der Waals surface area (Å²) in [6.07, 6.45) is 1.65. The lowest BCUT2D eigenvalue weighted by Crippen LogP contribution is -2.00. The van der Waals surface area contributed by atoms with E-state index in [1.54, 1.807) is 24.0 Å². The van der Waals surface area contributed by atoms with Gasteiger partial charge >= 0.3 is 5.97 Å². The number of para-hydroxylation sites is 1. The Bertz CT molecular complexity index is 703. The van der Waals surface area contributed by atoms with Gasteiger partial charge in [0.05, 0.1) is 35.2 Å². The van der Waals surface area contributed by atoms with E-state index in [1.165, 1.54) is 11.3 Å². The van der Waals surface area contributed by atoms with E-state index in [2.05, 4.69) is 9.97 Å². The fourth-order valence-electron chi connectivity index (χ4n) is 1.88. The first-order chi connectivity index (χ1) is 8.75. The van der Waals surface area contributed by atoms with E-state index in [9.17, 15) is 4.79 Å². The highest BCUT2D eigenvalue weighted by Gasteiger charge is 2.12. The van der Waals surface area contributed by atoms with Gasteiger partial charge in [0.1, 0.15) is 5.52 Å². The molecule has 0 saturated carbocycles. The summed E-state index contributed by atoms with van der Waals surface area (Å²) in [5.74, 6) is -0.959. The highest BCUT2D eigenvalue weighted by Crippen LogP contribution is 2.18. The molecule has 5 nitrogen and oxygen atoms in total. The van der Waals surface area contributed by atoms with Crippen LogP contribution in [0.2, 0.25) is 0 Å². The van der Waals surface area contributed by atoms with Gasteiger partial charge in [0.25, 0.3) is 0 Å². The molecule has 3 rings (SSSR count). The number of nitrogens with zero attached hydrogens (tertiary/aromatic N) is 3. The molecule has 18 heavy (non-hydrogen) atoms. The van der Waals surface area contributed by atoms with E-state index in [0.717, 1.165) is 11.2 Å². The number of fused-ring (bicyclic) bond motifs is 1. The summed E-state index contributed by atoms with van der Waals surface area (Å²) in [6, 6.07) is 5.15. The highest BCUT2D eigenvalue weighted by molar-refractivity contribution is 7.07. The summed E-state index contributed by atoms with van der Waals surface area (Å²) < 4.78 is 1.90. The second kappa shape index (κ2) is 4.23. The smallest absolute Gasteiger partial charge is 0.337 e. The highest BCUT2D eigenvalue weighted by atomic mass is 32.1. The average Bonchev–Trinajstić information content (AvgIpc) is 2.99. The van der Waals surface area contributed by atoms with E-state index in [-0.39, 0.29) is 5.56 Å². The van der Waals surface area contributed by atoms with Crippen LogP contribution in [0.4, 0.5) is 0 Å². The van der Waals surface area contributed by atoms with Crippen molar-refractivity contribution in [1.82, 2.24) is 14.5 Å². The number of aromatic carboxylic acids is 1. The van der Waals surface area contributed by atoms with Crippen molar-refractivity contribution in [2.45, 2.75) is 6.54 Å². The molecule has 0 saturated heterocycles. The molecule has 0 spiro atoms. The standard InChI is InChI=1S/C12H9N3O2S/c16-12(17)9-2-1-3-10-11(9)13-6-15(10)4-8-5-18-7-14-8/h1-3,5-7H,4H2,(H,16,17). The molecule has 1 N–H and O–H groups in total. The van der Waals surface area contributed by atoms with E-state index in [0.29, 0.717) is 12.1 Å². The second-order valence-electron chi connectivity index (χ2n) is 3.83. The Morgan fingerprint density at radius 3 is 3.00 bits per heavy atom. The summed E-state index contributed by atoms with van der Waals surface area (Å²) in [7, 11) is 0. The zero-order chi connectivity index (χ0) is 12.5. The summed E-state index contributed by atoms with van der Waals surface area (Å²) in [5.41, 5.74) is 4.27. The predicted molar refractivity (Wildman–Crippen MR) is 67.9 cm³/mol. The minimum atomic E-state index is -0.959. The first kappa shape index (κ1) is 10.9. The molecule has 0 unspecified atom stereocenters. The largest absolute Gasteiger partial charge is 0.478 e. The molecule has 0 aliphatic heterocycles. The van der Waals surface area contributed by atoms with Crippen LogP contribution in [0.25, 0.3) is 11.0 Å². The van der Waals surface area contributed by atoms with Crippen LogP contribution in [-0.2, 0) is 6.54 Å². The molecular formula is C12H9N3O2S. The van der Waals surface area contributed by atoms with Crippen LogP contribution < -0.4 is 0 Å². The molecule has 0 atom stereocenters. The maximum atomic E-state index is 11.1. The Morgan fingerprint density at radius 2 is 2.28 bits per heavy atom. The van der Waals surface area contributed by atoms with Crippen molar-refractivity contribution in [1.29, 1.82) is 0 Å². The van der Waals surface area contributed by atoms with E-state index < -0.39 is 5.97 Å². The van der Waals surface area contributed by atoms with Crippen molar-refractivity contribution in [3.05, 3.63) is 46.7 Å². The van der Waals surface area contributed by atoms with Crippen LogP contribution in [-0.4, -0.2) is 25.6 Å². The number of carboxylic acid groups (broad SMARTS) is 1. The Labute approximate surface area is 106 Å².